The van der Waals surface area contributed by atoms with Gasteiger partial charge >= 0.3 is 5.97 Å². The monoisotopic (exact) mass is 383 g/mol. The quantitative estimate of drug-likeness (QED) is 0.449. The molecule has 0 aliphatic carbocycles. The van der Waals surface area contributed by atoms with Gasteiger partial charge < -0.3 is 18.6 Å². The molecule has 28 heavy (non-hydrogen) atoms. The van der Waals surface area contributed by atoms with Crippen LogP contribution in [0.1, 0.15) is 11.3 Å². The molecule has 0 saturated heterocycles. The van der Waals surface area contributed by atoms with Crippen LogP contribution in [0.5, 0.6) is 11.5 Å². The van der Waals surface area contributed by atoms with E-state index in [9.17, 15) is 9.18 Å². The Hall–Kier alpha value is -3.61. The summed E-state index contributed by atoms with van der Waals surface area (Å²) in [5.41, 5.74) is 1.85. The number of carbonyl (C=O) groups excluding carboxylic acids is 1. The normalized spacial score (nSPS) is 10.8. The fourth-order valence-electron chi connectivity index (χ4n) is 2.42. The highest BCUT2D eigenvalue weighted by Crippen LogP contribution is 2.29. The molecule has 0 spiro atoms. The van der Waals surface area contributed by atoms with Crippen molar-refractivity contribution >= 4 is 12.0 Å². The second kappa shape index (κ2) is 8.85. The lowest BCUT2D eigenvalue weighted by molar-refractivity contribution is -0.134. The number of methoxy groups -OCH3 is 2. The summed E-state index contributed by atoms with van der Waals surface area (Å²) < 4.78 is 34.4. The molecule has 0 amide bonds. The maximum atomic E-state index is 13.3. The zero-order valence-corrected chi connectivity index (χ0v) is 15.3. The van der Waals surface area contributed by atoms with E-state index in [1.807, 2.05) is 0 Å². The van der Waals surface area contributed by atoms with Crippen LogP contribution in [-0.4, -0.2) is 25.2 Å². The maximum Gasteiger partial charge on any atom is 0.330 e. The molecule has 144 valence electrons. The van der Waals surface area contributed by atoms with Crippen molar-refractivity contribution in [1.29, 1.82) is 0 Å². The minimum atomic E-state index is -0.445. The van der Waals surface area contributed by atoms with Crippen LogP contribution in [0.4, 0.5) is 4.39 Å². The highest BCUT2D eigenvalue weighted by atomic mass is 19.1. The van der Waals surface area contributed by atoms with Crippen molar-refractivity contribution < 1.29 is 27.8 Å². The van der Waals surface area contributed by atoms with Crippen LogP contribution in [0, 0.1) is 5.82 Å². The van der Waals surface area contributed by atoms with Gasteiger partial charge in [-0.2, -0.15) is 0 Å². The van der Waals surface area contributed by atoms with Gasteiger partial charge in [0.15, 0.2) is 11.5 Å². The molecule has 0 aliphatic heterocycles. The number of esters is 1. The minimum absolute atomic E-state index is 0.145. The van der Waals surface area contributed by atoms with Gasteiger partial charge in [0.1, 0.15) is 24.4 Å². The number of ether oxygens (including phenoxy) is 3. The SMILES string of the molecule is COC(=O)/C=C/c1ccc(OCc2coc(-c3cccc(F)c3)n2)c(OC)c1. The molecule has 0 bridgehead atoms. The van der Waals surface area contributed by atoms with Crippen molar-refractivity contribution in [2.45, 2.75) is 6.61 Å². The average Bonchev–Trinajstić information content (AvgIpc) is 3.19. The molecule has 0 N–H and O–H groups in total. The maximum absolute atomic E-state index is 13.3. The van der Waals surface area contributed by atoms with Gasteiger partial charge in [-0.1, -0.05) is 12.1 Å². The van der Waals surface area contributed by atoms with Crippen molar-refractivity contribution in [2.24, 2.45) is 0 Å². The van der Waals surface area contributed by atoms with Crippen molar-refractivity contribution in [1.82, 2.24) is 4.98 Å². The molecule has 0 fully saturated rings. The number of aromatic nitrogens is 1. The summed E-state index contributed by atoms with van der Waals surface area (Å²) in [4.78, 5) is 15.5. The molecule has 3 rings (SSSR count). The summed E-state index contributed by atoms with van der Waals surface area (Å²) in [7, 11) is 2.84. The van der Waals surface area contributed by atoms with Crippen LogP contribution in [0.25, 0.3) is 17.5 Å². The lowest BCUT2D eigenvalue weighted by atomic mass is 10.2. The average molecular weight is 383 g/mol. The Labute approximate surface area is 161 Å². The summed E-state index contributed by atoms with van der Waals surface area (Å²) in [6.07, 6.45) is 4.39. The first-order valence-corrected chi connectivity index (χ1v) is 8.36. The number of hydrogen-bond donors (Lipinski definition) is 0. The number of carbonyl (C=O) groups is 1. The lowest BCUT2D eigenvalue weighted by Gasteiger charge is -2.10. The predicted octanol–water partition coefficient (Wildman–Crippen LogP) is 4.25. The second-order valence-corrected chi connectivity index (χ2v) is 5.71. The molecule has 3 aromatic rings. The molecule has 1 aromatic heterocycles. The second-order valence-electron chi connectivity index (χ2n) is 5.71. The molecule has 0 radical (unpaired) electrons. The third-order valence-electron chi connectivity index (χ3n) is 3.80. The first-order chi connectivity index (χ1) is 13.6. The molecular weight excluding hydrogens is 365 g/mol. The van der Waals surface area contributed by atoms with Gasteiger partial charge in [0.2, 0.25) is 5.89 Å². The summed E-state index contributed by atoms with van der Waals surface area (Å²) in [6.45, 7) is 0.145. The van der Waals surface area contributed by atoms with E-state index in [-0.39, 0.29) is 12.4 Å². The van der Waals surface area contributed by atoms with Crippen LogP contribution >= 0.6 is 0 Å². The molecule has 2 aromatic carbocycles. The summed E-state index contributed by atoms with van der Waals surface area (Å²) in [5.74, 6) is 0.515. The van der Waals surface area contributed by atoms with Gasteiger partial charge in [-0.15, -0.1) is 0 Å². The Morgan fingerprint density at radius 1 is 1.18 bits per heavy atom. The van der Waals surface area contributed by atoms with E-state index < -0.39 is 5.97 Å². The lowest BCUT2D eigenvalue weighted by Crippen LogP contribution is -1.98. The van der Waals surface area contributed by atoms with Crippen molar-refractivity contribution in [3.05, 3.63) is 71.9 Å². The topological polar surface area (TPSA) is 70.8 Å². The number of oxazole rings is 1. The fourth-order valence-corrected chi connectivity index (χ4v) is 2.42. The van der Waals surface area contributed by atoms with Gasteiger partial charge in [-0.3, -0.25) is 0 Å². The first-order valence-electron chi connectivity index (χ1n) is 8.36. The number of nitrogens with zero attached hydrogens (tertiary/aromatic N) is 1. The number of benzene rings is 2. The molecular formula is C21H18FNO5. The highest BCUT2D eigenvalue weighted by molar-refractivity contribution is 5.87. The Balaban J connectivity index is 1.69. The van der Waals surface area contributed by atoms with E-state index in [0.29, 0.717) is 28.6 Å². The van der Waals surface area contributed by atoms with Gasteiger partial charge in [0.05, 0.1) is 14.2 Å². The Morgan fingerprint density at radius 3 is 2.79 bits per heavy atom. The van der Waals surface area contributed by atoms with E-state index in [1.54, 1.807) is 36.4 Å². The molecule has 0 aliphatic rings. The van der Waals surface area contributed by atoms with Crippen LogP contribution < -0.4 is 9.47 Å². The van der Waals surface area contributed by atoms with Crippen LogP contribution in [0.2, 0.25) is 0 Å². The predicted molar refractivity (Wildman–Crippen MR) is 100 cm³/mol. The van der Waals surface area contributed by atoms with E-state index in [0.717, 1.165) is 5.56 Å². The van der Waals surface area contributed by atoms with Crippen molar-refractivity contribution in [3.63, 3.8) is 0 Å². The van der Waals surface area contributed by atoms with E-state index in [4.69, 9.17) is 13.9 Å². The zero-order valence-electron chi connectivity index (χ0n) is 15.3. The minimum Gasteiger partial charge on any atom is -0.493 e. The summed E-state index contributed by atoms with van der Waals surface area (Å²) >= 11 is 0. The van der Waals surface area contributed by atoms with Crippen LogP contribution in [0.3, 0.4) is 0 Å². The molecule has 1 heterocycles. The van der Waals surface area contributed by atoms with E-state index in [2.05, 4.69) is 9.72 Å². The third kappa shape index (κ3) is 4.76. The van der Waals surface area contributed by atoms with Gasteiger partial charge in [0, 0.05) is 11.6 Å². The van der Waals surface area contributed by atoms with Crippen LogP contribution in [-0.2, 0) is 16.1 Å². The Morgan fingerprint density at radius 2 is 2.04 bits per heavy atom. The van der Waals surface area contributed by atoms with Crippen molar-refractivity contribution in [2.75, 3.05) is 14.2 Å². The standard InChI is InChI=1S/C21H18FNO5/c1-25-19-10-14(7-9-20(24)26-2)6-8-18(19)27-12-17-13-28-21(23-17)15-4-3-5-16(22)11-15/h3-11,13H,12H2,1-2H3/b9-7+. The smallest absolute Gasteiger partial charge is 0.330 e. The largest absolute Gasteiger partial charge is 0.493 e. The van der Waals surface area contributed by atoms with Crippen molar-refractivity contribution in [3.8, 4) is 23.0 Å². The molecule has 0 unspecified atom stereocenters. The summed E-state index contributed by atoms with van der Waals surface area (Å²) in [5, 5.41) is 0. The molecule has 0 saturated carbocycles. The van der Waals surface area contributed by atoms with Gasteiger partial charge in [0.25, 0.3) is 0 Å². The van der Waals surface area contributed by atoms with Gasteiger partial charge in [-0.25, -0.2) is 14.2 Å². The Kier molecular flexibility index (Phi) is 6.06. The highest BCUT2D eigenvalue weighted by Gasteiger charge is 2.10. The third-order valence-corrected chi connectivity index (χ3v) is 3.80. The van der Waals surface area contributed by atoms with Gasteiger partial charge in [-0.05, 0) is 42.0 Å². The number of rotatable bonds is 7. The van der Waals surface area contributed by atoms with E-state index >= 15 is 0 Å². The molecule has 6 nitrogen and oxygen atoms in total. The molecule has 0 atom stereocenters. The number of hydrogen-bond acceptors (Lipinski definition) is 6. The number of halogens is 1. The fraction of sp³-hybridized carbons (Fsp3) is 0.143. The molecule has 7 heteroatoms. The summed E-state index contributed by atoms with van der Waals surface area (Å²) in [6, 6.07) is 11.2. The van der Waals surface area contributed by atoms with E-state index in [1.165, 1.54) is 38.7 Å². The van der Waals surface area contributed by atoms with Crippen LogP contribution in [0.15, 0.2) is 59.2 Å². The first kappa shape index (κ1) is 19.2. The Bertz CT molecular complexity index is 996. The zero-order chi connectivity index (χ0) is 19.9.